The third-order valence-corrected chi connectivity index (χ3v) is 8.72. The van der Waals surface area contributed by atoms with Crippen LogP contribution in [0.1, 0.15) is 50.8 Å². The van der Waals surface area contributed by atoms with Crippen LogP contribution in [-0.2, 0) is 11.2 Å². The average Bonchev–Trinajstić information content (AvgIpc) is 3.20. The zero-order chi connectivity index (χ0) is 24.9. The topological polar surface area (TPSA) is 98.0 Å². The maximum absolute atomic E-state index is 10.9. The average molecular weight is 507 g/mol. The number of aliphatic hydroxyl groups is 3. The van der Waals surface area contributed by atoms with Crippen molar-refractivity contribution in [3.8, 4) is 0 Å². The zero-order valence-electron chi connectivity index (χ0n) is 19.7. The molecule has 0 bridgehead atoms. The fraction of sp³-hybridized carbons (Fsp3) is 0.519. The predicted octanol–water partition coefficient (Wildman–Crippen LogP) is 5.60. The van der Waals surface area contributed by atoms with E-state index in [9.17, 15) is 20.1 Å². The van der Waals surface area contributed by atoms with Crippen molar-refractivity contribution in [2.75, 3.05) is 0 Å². The Morgan fingerprint density at radius 1 is 1.21 bits per heavy atom. The first-order valence-electron chi connectivity index (χ1n) is 11.9. The Morgan fingerprint density at radius 2 is 1.94 bits per heavy atom. The van der Waals surface area contributed by atoms with Crippen LogP contribution in [0.15, 0.2) is 48.6 Å². The van der Waals surface area contributed by atoms with E-state index < -0.39 is 29.7 Å². The Labute approximate surface area is 210 Å². The first-order chi connectivity index (χ1) is 16.1. The zero-order valence-corrected chi connectivity index (χ0v) is 21.3. The minimum atomic E-state index is -0.803. The summed E-state index contributed by atoms with van der Waals surface area (Å²) in [6, 6.07) is 8.00. The molecule has 0 radical (unpaired) electrons. The number of aliphatic hydroxyl groups excluding tert-OH is 3. The van der Waals surface area contributed by atoms with Gasteiger partial charge in [0.2, 0.25) is 0 Å². The number of allylic oxidation sites excluding steroid dienone is 2. The number of rotatable bonds is 11. The molecule has 2 aromatic rings. The summed E-state index contributed by atoms with van der Waals surface area (Å²) in [5.74, 6) is -1.26. The van der Waals surface area contributed by atoms with E-state index in [2.05, 4.69) is 0 Å². The molecule has 1 aromatic heterocycles. The summed E-state index contributed by atoms with van der Waals surface area (Å²) >= 11 is 8.16. The third-order valence-electron chi connectivity index (χ3n) is 6.95. The number of halogens is 1. The number of thiophene rings is 1. The third kappa shape index (κ3) is 6.29. The molecule has 7 heteroatoms. The lowest BCUT2D eigenvalue weighted by atomic mass is 9.85. The highest BCUT2D eigenvalue weighted by atomic mass is 35.5. The summed E-state index contributed by atoms with van der Waals surface area (Å²) in [6.45, 7) is 3.72. The first kappa shape index (κ1) is 26.9. The summed E-state index contributed by atoms with van der Waals surface area (Å²) in [5.41, 5.74) is -0.660. The lowest BCUT2D eigenvalue weighted by molar-refractivity contribution is -0.137. The quantitative estimate of drug-likeness (QED) is 0.235. The summed E-state index contributed by atoms with van der Waals surface area (Å²) in [4.78, 5) is 11.7. The van der Waals surface area contributed by atoms with Gasteiger partial charge in [0.05, 0.1) is 23.3 Å². The number of hydrogen-bond acceptors (Lipinski definition) is 5. The highest BCUT2D eigenvalue weighted by molar-refractivity contribution is 7.19. The van der Waals surface area contributed by atoms with Crippen LogP contribution < -0.4 is 0 Å². The minimum absolute atomic E-state index is 0.137. The maximum atomic E-state index is 10.9. The number of aryl methyl sites for hydroxylation is 1. The van der Waals surface area contributed by atoms with Crippen LogP contribution >= 0.6 is 22.9 Å². The van der Waals surface area contributed by atoms with Gasteiger partial charge < -0.3 is 20.4 Å². The molecule has 4 N–H and O–H groups in total. The Bertz CT molecular complexity index is 1030. The predicted molar refractivity (Wildman–Crippen MR) is 138 cm³/mol. The maximum Gasteiger partial charge on any atom is 0.303 e. The molecular formula is C27H35ClO5S. The van der Waals surface area contributed by atoms with Gasteiger partial charge in [-0.15, -0.1) is 11.3 Å². The van der Waals surface area contributed by atoms with Crippen molar-refractivity contribution in [3.63, 3.8) is 0 Å². The van der Waals surface area contributed by atoms with Crippen LogP contribution in [0.4, 0.5) is 0 Å². The highest BCUT2D eigenvalue weighted by Crippen LogP contribution is 2.48. The lowest BCUT2D eigenvalue weighted by Crippen LogP contribution is -2.34. The number of carbonyl (C=O) groups is 1. The molecule has 1 aliphatic rings. The SMILES string of the molecule is CC1(C)C(O)[C@H](/C=C/[C@H](O)CCc2sc3ccccc3c2Cl)[C@@H](C/C=C/CCCC(=O)O)C1O. The van der Waals surface area contributed by atoms with Crippen molar-refractivity contribution in [2.24, 2.45) is 17.3 Å². The normalized spacial score (nSPS) is 25.6. The summed E-state index contributed by atoms with van der Waals surface area (Å²) in [6.07, 6.45) is 8.53. The van der Waals surface area contributed by atoms with E-state index in [1.54, 1.807) is 17.4 Å². The van der Waals surface area contributed by atoms with Gasteiger partial charge in [-0.1, -0.05) is 68.0 Å². The minimum Gasteiger partial charge on any atom is -0.481 e. The molecule has 1 aromatic carbocycles. The van der Waals surface area contributed by atoms with Crippen molar-refractivity contribution < 1.29 is 25.2 Å². The van der Waals surface area contributed by atoms with E-state index in [1.807, 2.05) is 56.3 Å². The van der Waals surface area contributed by atoms with Crippen molar-refractivity contribution in [1.82, 2.24) is 0 Å². The van der Waals surface area contributed by atoms with Crippen molar-refractivity contribution in [3.05, 3.63) is 58.5 Å². The molecular weight excluding hydrogens is 472 g/mol. The fourth-order valence-corrected chi connectivity index (χ4v) is 6.34. The van der Waals surface area contributed by atoms with Gasteiger partial charge in [-0.25, -0.2) is 0 Å². The number of fused-ring (bicyclic) bond motifs is 1. The van der Waals surface area contributed by atoms with E-state index in [0.29, 0.717) is 32.1 Å². The molecule has 0 spiro atoms. The molecule has 1 aliphatic carbocycles. The first-order valence-corrected chi connectivity index (χ1v) is 13.1. The van der Waals surface area contributed by atoms with Crippen LogP contribution in [0.5, 0.6) is 0 Å². The van der Waals surface area contributed by atoms with E-state index in [1.165, 1.54) is 0 Å². The van der Waals surface area contributed by atoms with E-state index in [-0.39, 0.29) is 18.3 Å². The van der Waals surface area contributed by atoms with Crippen LogP contribution in [0, 0.1) is 17.3 Å². The summed E-state index contributed by atoms with van der Waals surface area (Å²) in [7, 11) is 0. The van der Waals surface area contributed by atoms with Gasteiger partial charge in [-0.05, 0) is 44.1 Å². The van der Waals surface area contributed by atoms with E-state index in [4.69, 9.17) is 16.7 Å². The molecule has 1 saturated carbocycles. The lowest BCUT2D eigenvalue weighted by Gasteiger charge is -2.27. The van der Waals surface area contributed by atoms with Gasteiger partial charge >= 0.3 is 5.97 Å². The summed E-state index contributed by atoms with van der Waals surface area (Å²) < 4.78 is 1.14. The van der Waals surface area contributed by atoms with Gasteiger partial charge in [0.15, 0.2) is 0 Å². The number of aliphatic carboxylic acids is 1. The molecule has 0 saturated heterocycles. The number of benzene rings is 1. The molecule has 34 heavy (non-hydrogen) atoms. The van der Waals surface area contributed by atoms with Gasteiger partial charge in [0, 0.05) is 32.7 Å². The van der Waals surface area contributed by atoms with E-state index in [0.717, 1.165) is 20.0 Å². The Hall–Kier alpha value is -1.70. The molecule has 0 aliphatic heterocycles. The Morgan fingerprint density at radius 3 is 2.65 bits per heavy atom. The van der Waals surface area contributed by atoms with Gasteiger partial charge in [-0.3, -0.25) is 4.79 Å². The molecule has 5 nitrogen and oxygen atoms in total. The van der Waals surface area contributed by atoms with Crippen LogP contribution in [0.25, 0.3) is 10.1 Å². The monoisotopic (exact) mass is 506 g/mol. The van der Waals surface area contributed by atoms with Gasteiger partial charge in [0.25, 0.3) is 0 Å². The Balaban J connectivity index is 1.60. The second kappa shape index (κ2) is 11.8. The van der Waals surface area contributed by atoms with Crippen LogP contribution in [-0.4, -0.2) is 44.7 Å². The molecule has 2 unspecified atom stereocenters. The van der Waals surface area contributed by atoms with Crippen LogP contribution in [0.3, 0.4) is 0 Å². The Kier molecular flexibility index (Phi) is 9.35. The second-order valence-electron chi connectivity index (χ2n) is 9.77. The molecule has 5 atom stereocenters. The van der Waals surface area contributed by atoms with Crippen LogP contribution in [0.2, 0.25) is 5.02 Å². The van der Waals surface area contributed by atoms with Gasteiger partial charge in [-0.2, -0.15) is 0 Å². The van der Waals surface area contributed by atoms with Crippen molar-refractivity contribution in [1.29, 1.82) is 0 Å². The summed E-state index contributed by atoms with van der Waals surface area (Å²) in [5, 5.41) is 42.9. The van der Waals surface area contributed by atoms with E-state index >= 15 is 0 Å². The fourth-order valence-electron chi connectivity index (χ4n) is 4.80. The molecule has 3 rings (SSSR count). The molecule has 1 fully saturated rings. The standard InChI is InChI=1S/C27H35ClO5S/c1-27(2)25(32)18(9-5-3-4-6-12-23(30)31)19(26(27)33)15-13-17(29)14-16-22-24(28)20-10-7-8-11-21(20)34-22/h3,5,7-8,10-11,13,15,17-19,25-26,29,32-33H,4,6,9,12,14,16H2,1-2H3,(H,30,31)/b5-3+,15-13+/t17-,18+,19+,25?,26?/m0/s1. The van der Waals surface area contributed by atoms with Crippen molar-refractivity contribution >= 4 is 39.0 Å². The number of carboxylic acids is 1. The molecule has 186 valence electrons. The number of carboxylic acid groups (broad SMARTS) is 1. The smallest absolute Gasteiger partial charge is 0.303 e. The second-order valence-corrected chi connectivity index (χ2v) is 11.3. The van der Waals surface area contributed by atoms with Crippen molar-refractivity contribution in [2.45, 2.75) is 70.7 Å². The largest absolute Gasteiger partial charge is 0.481 e. The molecule has 0 amide bonds. The van der Waals surface area contributed by atoms with Gasteiger partial charge in [0.1, 0.15) is 0 Å². The highest BCUT2D eigenvalue weighted by Gasteiger charge is 2.52. The number of unbranched alkanes of at least 4 members (excludes halogenated alkanes) is 1. The molecule has 1 heterocycles. The number of hydrogen-bond donors (Lipinski definition) is 4.